The number of hydrogen-bond acceptors (Lipinski definition) is 2. The first kappa shape index (κ1) is 12.7. The van der Waals surface area contributed by atoms with Gasteiger partial charge in [-0.15, -0.1) is 0 Å². The topological polar surface area (TPSA) is 43.1 Å². The average molecular weight is 227 g/mol. The SMILES string of the molecule is C=C/C=C\C(=C)C#CC1=CC=C([N+](=O)[O-])CC1. The van der Waals surface area contributed by atoms with Gasteiger partial charge in [0.15, 0.2) is 0 Å². The maximum absolute atomic E-state index is 10.5. The van der Waals surface area contributed by atoms with E-state index in [1.165, 1.54) is 6.08 Å². The molecule has 1 aliphatic rings. The molecule has 0 aromatic carbocycles. The minimum absolute atomic E-state index is 0.237. The predicted octanol–water partition coefficient (Wildman–Crippen LogP) is 3.17. The maximum atomic E-state index is 10.5. The van der Waals surface area contributed by atoms with Crippen molar-refractivity contribution in [3.05, 3.63) is 70.5 Å². The molecular weight excluding hydrogens is 214 g/mol. The molecule has 86 valence electrons. The van der Waals surface area contributed by atoms with Crippen LogP contribution in [0.1, 0.15) is 12.8 Å². The highest BCUT2D eigenvalue weighted by atomic mass is 16.6. The third-order valence-corrected chi connectivity index (χ3v) is 2.18. The zero-order valence-electron chi connectivity index (χ0n) is 9.48. The molecule has 0 aliphatic heterocycles. The minimum Gasteiger partial charge on any atom is -0.259 e. The monoisotopic (exact) mass is 227 g/mol. The molecule has 0 radical (unpaired) electrons. The van der Waals surface area contributed by atoms with Gasteiger partial charge in [0, 0.05) is 23.6 Å². The second-order valence-corrected chi connectivity index (χ2v) is 3.48. The summed E-state index contributed by atoms with van der Waals surface area (Å²) in [5, 5.41) is 10.5. The molecule has 0 bridgehead atoms. The average Bonchev–Trinajstić information content (AvgIpc) is 2.34. The fourth-order valence-electron chi connectivity index (χ4n) is 1.27. The van der Waals surface area contributed by atoms with Crippen molar-refractivity contribution >= 4 is 0 Å². The van der Waals surface area contributed by atoms with E-state index in [0.717, 1.165) is 5.57 Å². The van der Waals surface area contributed by atoms with E-state index in [-0.39, 0.29) is 10.6 Å². The Bertz CT molecular complexity index is 496. The van der Waals surface area contributed by atoms with Crippen LogP contribution in [0, 0.1) is 22.0 Å². The summed E-state index contributed by atoms with van der Waals surface area (Å²) < 4.78 is 0. The lowest BCUT2D eigenvalue weighted by Crippen LogP contribution is -2.01. The second-order valence-electron chi connectivity index (χ2n) is 3.48. The lowest BCUT2D eigenvalue weighted by Gasteiger charge is -2.03. The quantitative estimate of drug-likeness (QED) is 0.321. The van der Waals surface area contributed by atoms with Crippen LogP contribution in [-0.2, 0) is 0 Å². The molecule has 0 aromatic rings. The number of nitro groups is 1. The molecular formula is C14H13NO2. The van der Waals surface area contributed by atoms with Crippen LogP contribution in [0.5, 0.6) is 0 Å². The molecule has 1 rings (SSSR count). The predicted molar refractivity (Wildman–Crippen MR) is 68.6 cm³/mol. The van der Waals surface area contributed by atoms with Crippen LogP contribution in [0.15, 0.2) is 60.4 Å². The zero-order valence-corrected chi connectivity index (χ0v) is 9.48. The third kappa shape index (κ3) is 4.35. The Labute approximate surface area is 101 Å². The lowest BCUT2D eigenvalue weighted by molar-refractivity contribution is -0.428. The zero-order chi connectivity index (χ0) is 12.7. The van der Waals surface area contributed by atoms with Crippen molar-refractivity contribution in [2.75, 3.05) is 0 Å². The van der Waals surface area contributed by atoms with E-state index in [9.17, 15) is 10.1 Å². The van der Waals surface area contributed by atoms with E-state index < -0.39 is 0 Å². The Kier molecular flexibility index (Phi) is 4.71. The normalized spacial score (nSPS) is 14.4. The first-order valence-electron chi connectivity index (χ1n) is 5.17. The summed E-state index contributed by atoms with van der Waals surface area (Å²) in [7, 11) is 0. The Morgan fingerprint density at radius 3 is 2.76 bits per heavy atom. The standard InChI is InChI=1S/C14H13NO2/c1-3-4-5-12(2)6-7-13-8-10-14(11-9-13)15(16)17/h3-5,8,10H,1-2,9,11H2/b5-4-. The van der Waals surface area contributed by atoms with Gasteiger partial charge in [0.05, 0.1) is 4.92 Å². The number of allylic oxidation sites excluding steroid dienone is 8. The van der Waals surface area contributed by atoms with Gasteiger partial charge in [0.2, 0.25) is 5.70 Å². The highest BCUT2D eigenvalue weighted by Crippen LogP contribution is 2.17. The summed E-state index contributed by atoms with van der Waals surface area (Å²) >= 11 is 0. The summed E-state index contributed by atoms with van der Waals surface area (Å²) in [4.78, 5) is 10.1. The largest absolute Gasteiger partial charge is 0.259 e. The lowest BCUT2D eigenvalue weighted by atomic mass is 10.0. The molecule has 3 heteroatoms. The molecule has 0 amide bonds. The van der Waals surface area contributed by atoms with Crippen LogP contribution in [-0.4, -0.2) is 4.92 Å². The van der Waals surface area contributed by atoms with Gasteiger partial charge < -0.3 is 0 Å². The van der Waals surface area contributed by atoms with Crippen LogP contribution in [0.25, 0.3) is 0 Å². The van der Waals surface area contributed by atoms with E-state index in [1.807, 2.05) is 0 Å². The smallest absolute Gasteiger partial charge is 0.246 e. The van der Waals surface area contributed by atoms with Crippen molar-refractivity contribution in [1.82, 2.24) is 0 Å². The van der Waals surface area contributed by atoms with Crippen LogP contribution in [0.4, 0.5) is 0 Å². The third-order valence-electron chi connectivity index (χ3n) is 2.18. The van der Waals surface area contributed by atoms with Crippen LogP contribution in [0.3, 0.4) is 0 Å². The van der Waals surface area contributed by atoms with Crippen molar-refractivity contribution in [2.45, 2.75) is 12.8 Å². The highest BCUT2D eigenvalue weighted by Gasteiger charge is 2.13. The van der Waals surface area contributed by atoms with Crippen LogP contribution < -0.4 is 0 Å². The van der Waals surface area contributed by atoms with Crippen molar-refractivity contribution in [3.8, 4) is 11.8 Å². The van der Waals surface area contributed by atoms with E-state index in [1.54, 1.807) is 24.3 Å². The summed E-state index contributed by atoms with van der Waals surface area (Å²) in [5.74, 6) is 5.83. The summed E-state index contributed by atoms with van der Waals surface area (Å²) in [5.41, 5.74) is 1.82. The molecule has 0 aromatic heterocycles. The first-order chi connectivity index (χ1) is 8.13. The molecule has 0 spiro atoms. The van der Waals surface area contributed by atoms with Gasteiger partial charge in [-0.1, -0.05) is 37.2 Å². The van der Waals surface area contributed by atoms with Crippen molar-refractivity contribution in [3.63, 3.8) is 0 Å². The summed E-state index contributed by atoms with van der Waals surface area (Å²) in [6.07, 6.45) is 9.42. The molecule has 0 N–H and O–H groups in total. The first-order valence-corrected chi connectivity index (χ1v) is 5.17. The van der Waals surface area contributed by atoms with Gasteiger partial charge in [0.25, 0.3) is 0 Å². The highest BCUT2D eigenvalue weighted by molar-refractivity contribution is 5.44. The van der Waals surface area contributed by atoms with E-state index in [0.29, 0.717) is 18.4 Å². The molecule has 0 saturated heterocycles. The van der Waals surface area contributed by atoms with Crippen molar-refractivity contribution in [1.29, 1.82) is 0 Å². The molecule has 0 heterocycles. The molecule has 0 unspecified atom stereocenters. The molecule has 1 aliphatic carbocycles. The summed E-state index contributed by atoms with van der Waals surface area (Å²) in [6.45, 7) is 7.31. The molecule has 3 nitrogen and oxygen atoms in total. The van der Waals surface area contributed by atoms with Gasteiger partial charge in [-0.25, -0.2) is 0 Å². The summed E-state index contributed by atoms with van der Waals surface area (Å²) in [6, 6.07) is 0. The molecule has 0 fully saturated rings. The second kappa shape index (κ2) is 6.29. The maximum Gasteiger partial charge on any atom is 0.246 e. The van der Waals surface area contributed by atoms with Crippen molar-refractivity contribution < 1.29 is 4.92 Å². The fraction of sp³-hybridized carbons (Fsp3) is 0.143. The van der Waals surface area contributed by atoms with Crippen molar-refractivity contribution in [2.24, 2.45) is 0 Å². The number of hydrogen-bond donors (Lipinski definition) is 0. The number of nitrogens with zero attached hydrogens (tertiary/aromatic N) is 1. The van der Waals surface area contributed by atoms with Gasteiger partial charge >= 0.3 is 0 Å². The fourth-order valence-corrected chi connectivity index (χ4v) is 1.27. The van der Waals surface area contributed by atoms with Crippen LogP contribution >= 0.6 is 0 Å². The Balaban J connectivity index is 2.69. The Morgan fingerprint density at radius 1 is 1.47 bits per heavy atom. The van der Waals surface area contributed by atoms with Gasteiger partial charge in [-0.3, -0.25) is 10.1 Å². The van der Waals surface area contributed by atoms with Gasteiger partial charge in [0.1, 0.15) is 0 Å². The molecule has 17 heavy (non-hydrogen) atoms. The van der Waals surface area contributed by atoms with Gasteiger partial charge in [-0.05, 0) is 18.6 Å². The Morgan fingerprint density at radius 2 is 2.24 bits per heavy atom. The van der Waals surface area contributed by atoms with Crippen LogP contribution in [0.2, 0.25) is 0 Å². The van der Waals surface area contributed by atoms with Gasteiger partial charge in [-0.2, -0.15) is 0 Å². The molecule has 0 saturated carbocycles. The minimum atomic E-state index is -0.355. The van der Waals surface area contributed by atoms with E-state index in [4.69, 9.17) is 0 Å². The molecule has 0 atom stereocenters. The van der Waals surface area contributed by atoms with E-state index >= 15 is 0 Å². The number of rotatable bonds is 3. The van der Waals surface area contributed by atoms with E-state index in [2.05, 4.69) is 25.0 Å². The Hall–Kier alpha value is -2.34.